The van der Waals surface area contributed by atoms with E-state index in [9.17, 15) is 0 Å². The molecule has 6 nitrogen and oxygen atoms in total. The Morgan fingerprint density at radius 3 is 2.48 bits per heavy atom. The summed E-state index contributed by atoms with van der Waals surface area (Å²) < 4.78 is 0. The molecule has 2 rings (SSSR count). The summed E-state index contributed by atoms with van der Waals surface area (Å²) >= 11 is 0. The van der Waals surface area contributed by atoms with Gasteiger partial charge in [-0.3, -0.25) is 0 Å². The number of nitriles is 1. The Balaban J connectivity index is 2.48. The number of nitrogens with one attached hydrogen (secondary N) is 2. The van der Waals surface area contributed by atoms with Gasteiger partial charge >= 0.3 is 0 Å². The van der Waals surface area contributed by atoms with Gasteiger partial charge in [0.2, 0.25) is 0 Å². The molecule has 1 aromatic carbocycles. The maximum atomic E-state index is 9.15. The summed E-state index contributed by atoms with van der Waals surface area (Å²) in [5, 5.41) is 12.3. The lowest BCUT2D eigenvalue weighted by atomic mass is 10.1. The molecule has 0 unspecified atom stereocenters. The van der Waals surface area contributed by atoms with E-state index in [1.54, 1.807) is 6.07 Å². The summed E-state index contributed by atoms with van der Waals surface area (Å²) in [6, 6.07) is 9.44. The number of rotatable bonds is 4. The maximum absolute atomic E-state index is 9.15. The van der Waals surface area contributed by atoms with Crippen LogP contribution >= 0.6 is 0 Å². The van der Waals surface area contributed by atoms with E-state index in [1.165, 1.54) is 0 Å². The van der Waals surface area contributed by atoms with Crippen LogP contribution in [-0.2, 0) is 0 Å². The quantitative estimate of drug-likeness (QED) is 0.589. The van der Waals surface area contributed by atoms with Gasteiger partial charge in [0.25, 0.3) is 0 Å². The average Bonchev–Trinajstić information content (AvgIpc) is 2.49. The van der Waals surface area contributed by atoms with Gasteiger partial charge in [0.15, 0.2) is 0 Å². The van der Waals surface area contributed by atoms with Crippen LogP contribution in [0.3, 0.4) is 0 Å². The molecule has 0 atom stereocenters. The summed E-state index contributed by atoms with van der Waals surface area (Å²) in [6.45, 7) is 5.90. The van der Waals surface area contributed by atoms with Crippen LogP contribution in [0.2, 0.25) is 0 Å². The lowest BCUT2D eigenvalue weighted by molar-refractivity contribution is 0.774. The van der Waals surface area contributed by atoms with E-state index >= 15 is 0 Å². The molecule has 0 bridgehead atoms. The van der Waals surface area contributed by atoms with Crippen molar-refractivity contribution in [1.82, 2.24) is 9.97 Å². The molecule has 0 saturated carbocycles. The molecule has 1 heterocycles. The zero-order valence-electron chi connectivity index (χ0n) is 12.3. The van der Waals surface area contributed by atoms with Gasteiger partial charge in [0, 0.05) is 11.5 Å². The molecule has 2 aromatic rings. The van der Waals surface area contributed by atoms with Crippen LogP contribution in [0.25, 0.3) is 0 Å². The Morgan fingerprint density at radius 1 is 1.19 bits per heavy atom. The number of hydrazine groups is 1. The predicted octanol–water partition coefficient (Wildman–Crippen LogP) is 2.81. The third kappa shape index (κ3) is 3.09. The maximum Gasteiger partial charge on any atom is 0.148 e. The first-order valence-electron chi connectivity index (χ1n) is 6.68. The van der Waals surface area contributed by atoms with Crippen LogP contribution in [0.15, 0.2) is 24.3 Å². The molecule has 21 heavy (non-hydrogen) atoms. The number of nitrogens with two attached hydrogens (primary N) is 1. The second-order valence-corrected chi connectivity index (χ2v) is 4.99. The van der Waals surface area contributed by atoms with E-state index < -0.39 is 0 Å². The number of aromatic nitrogens is 2. The number of para-hydroxylation sites is 1. The van der Waals surface area contributed by atoms with E-state index in [0.717, 1.165) is 5.56 Å². The Hall–Kier alpha value is -2.65. The molecule has 0 aliphatic carbocycles. The van der Waals surface area contributed by atoms with Crippen LogP contribution < -0.4 is 16.6 Å². The van der Waals surface area contributed by atoms with Crippen molar-refractivity contribution in [3.63, 3.8) is 0 Å². The molecule has 0 aliphatic heterocycles. The molecule has 1 aromatic heterocycles. The normalized spacial score (nSPS) is 10.3. The van der Waals surface area contributed by atoms with Gasteiger partial charge in [-0.1, -0.05) is 26.0 Å². The van der Waals surface area contributed by atoms with Crippen LogP contribution in [-0.4, -0.2) is 9.97 Å². The highest BCUT2D eigenvalue weighted by Gasteiger charge is 2.13. The number of anilines is 3. The average molecular weight is 282 g/mol. The molecule has 6 heteroatoms. The van der Waals surface area contributed by atoms with Gasteiger partial charge in [-0.25, -0.2) is 15.8 Å². The second kappa shape index (κ2) is 6.20. The summed E-state index contributed by atoms with van der Waals surface area (Å²) in [5.41, 5.74) is 4.66. The molecule has 0 radical (unpaired) electrons. The molecule has 0 fully saturated rings. The zero-order chi connectivity index (χ0) is 15.4. The summed E-state index contributed by atoms with van der Waals surface area (Å²) in [7, 11) is 0. The van der Waals surface area contributed by atoms with Crippen molar-refractivity contribution in [2.45, 2.75) is 26.7 Å². The molecule has 0 spiro atoms. The highest BCUT2D eigenvalue weighted by Crippen LogP contribution is 2.26. The van der Waals surface area contributed by atoms with Crippen LogP contribution in [0, 0.1) is 18.3 Å². The van der Waals surface area contributed by atoms with Crippen molar-refractivity contribution < 1.29 is 0 Å². The Kier molecular flexibility index (Phi) is 4.36. The van der Waals surface area contributed by atoms with E-state index in [0.29, 0.717) is 28.7 Å². The van der Waals surface area contributed by atoms with Crippen molar-refractivity contribution in [3.8, 4) is 6.07 Å². The minimum Gasteiger partial charge on any atom is -0.339 e. The van der Waals surface area contributed by atoms with Gasteiger partial charge in [-0.2, -0.15) is 5.26 Å². The molecular formula is C15H18N6. The number of nitrogen functional groups attached to an aromatic ring is 1. The van der Waals surface area contributed by atoms with Gasteiger partial charge < -0.3 is 10.7 Å². The molecule has 108 valence electrons. The van der Waals surface area contributed by atoms with E-state index in [4.69, 9.17) is 11.1 Å². The van der Waals surface area contributed by atoms with Crippen LogP contribution in [0.1, 0.15) is 36.7 Å². The second-order valence-electron chi connectivity index (χ2n) is 4.99. The highest BCUT2D eigenvalue weighted by molar-refractivity contribution is 5.68. The molecule has 0 amide bonds. The number of hydrogen-bond donors (Lipinski definition) is 3. The fraction of sp³-hybridized carbons (Fsp3) is 0.267. The van der Waals surface area contributed by atoms with Crippen molar-refractivity contribution >= 4 is 17.3 Å². The lowest BCUT2D eigenvalue weighted by Crippen LogP contribution is -2.14. The highest BCUT2D eigenvalue weighted by atomic mass is 15.3. The molecule has 0 aliphatic rings. The number of nitrogens with zero attached hydrogens (tertiary/aromatic N) is 3. The molecule has 0 saturated heterocycles. The van der Waals surface area contributed by atoms with E-state index in [-0.39, 0.29) is 5.92 Å². The topological polar surface area (TPSA) is 99.7 Å². The van der Waals surface area contributed by atoms with Gasteiger partial charge in [-0.15, -0.1) is 0 Å². The van der Waals surface area contributed by atoms with Gasteiger partial charge in [0.1, 0.15) is 23.5 Å². The minimum absolute atomic E-state index is 0.171. The Bertz CT molecular complexity index is 687. The Morgan fingerprint density at radius 2 is 1.86 bits per heavy atom. The number of hydrogen-bond acceptors (Lipinski definition) is 6. The van der Waals surface area contributed by atoms with Crippen LogP contribution in [0.5, 0.6) is 0 Å². The lowest BCUT2D eigenvalue weighted by Gasteiger charge is -2.15. The van der Waals surface area contributed by atoms with Gasteiger partial charge in [0.05, 0.1) is 11.3 Å². The number of benzene rings is 1. The molecule has 4 N–H and O–H groups in total. The Labute approximate surface area is 124 Å². The summed E-state index contributed by atoms with van der Waals surface area (Å²) in [4.78, 5) is 8.91. The summed E-state index contributed by atoms with van der Waals surface area (Å²) in [6.07, 6.45) is 0. The van der Waals surface area contributed by atoms with Crippen molar-refractivity contribution in [2.75, 3.05) is 10.7 Å². The van der Waals surface area contributed by atoms with E-state index in [2.05, 4.69) is 26.8 Å². The van der Waals surface area contributed by atoms with Crippen LogP contribution in [0.4, 0.5) is 17.3 Å². The SMILES string of the molecule is Cc1c(NN)nc(C(C)C)nc1Nc1ccccc1C#N. The molecular weight excluding hydrogens is 264 g/mol. The van der Waals surface area contributed by atoms with E-state index in [1.807, 2.05) is 39.0 Å². The van der Waals surface area contributed by atoms with Crippen molar-refractivity contribution in [2.24, 2.45) is 5.84 Å². The predicted molar refractivity (Wildman–Crippen MR) is 83.1 cm³/mol. The third-order valence-corrected chi connectivity index (χ3v) is 3.12. The first-order valence-corrected chi connectivity index (χ1v) is 6.68. The van der Waals surface area contributed by atoms with Gasteiger partial charge in [-0.05, 0) is 19.1 Å². The zero-order valence-corrected chi connectivity index (χ0v) is 12.3. The smallest absolute Gasteiger partial charge is 0.148 e. The first-order chi connectivity index (χ1) is 10.1. The largest absolute Gasteiger partial charge is 0.339 e. The standard InChI is InChI=1S/C15H18N6/c1-9(2)13-19-14(10(3)15(20-13)21-17)18-12-7-5-4-6-11(12)8-16/h4-7,9H,17H2,1-3H3,(H2,18,19,20,21). The fourth-order valence-corrected chi connectivity index (χ4v) is 1.87. The first kappa shape index (κ1) is 14.8. The minimum atomic E-state index is 0.171. The fourth-order valence-electron chi connectivity index (χ4n) is 1.87. The van der Waals surface area contributed by atoms with Crippen molar-refractivity contribution in [1.29, 1.82) is 5.26 Å². The monoisotopic (exact) mass is 282 g/mol. The summed E-state index contributed by atoms with van der Waals surface area (Å²) in [5.74, 6) is 7.59. The third-order valence-electron chi connectivity index (χ3n) is 3.12. The van der Waals surface area contributed by atoms with Crippen molar-refractivity contribution in [3.05, 3.63) is 41.2 Å².